The molecule has 5 heteroatoms. The molecule has 3 nitrogen and oxygen atoms in total. The first-order valence-electron chi connectivity index (χ1n) is 7.11. The monoisotopic (exact) mass is 289 g/mol. The molecule has 1 aromatic heterocycles. The molecule has 1 unspecified atom stereocenters. The number of alkyl halides is 2. The maximum atomic E-state index is 12.8. The fraction of sp³-hybridized carbons (Fsp3) is 0.375. The number of fused-ring (bicyclic) bond motifs is 1. The highest BCUT2D eigenvalue weighted by Crippen LogP contribution is 2.32. The molecule has 1 atom stereocenters. The number of aryl methyl sites for hydroxylation is 2. The first-order valence-corrected chi connectivity index (χ1v) is 7.11. The second kappa shape index (κ2) is 5.76. The molecule has 0 bridgehead atoms. The number of nitrogens with one attached hydrogen (secondary N) is 1. The Kier molecular flexibility index (Phi) is 3.82. The number of rotatable bonds is 3. The van der Waals surface area contributed by atoms with E-state index in [2.05, 4.69) is 27.4 Å². The molecule has 0 spiro atoms. The third kappa shape index (κ3) is 3.01. The number of halogens is 2. The van der Waals surface area contributed by atoms with E-state index in [0.29, 0.717) is 11.6 Å². The summed E-state index contributed by atoms with van der Waals surface area (Å²) in [6.45, 7) is 1.63. The molecular weight excluding hydrogens is 272 g/mol. The van der Waals surface area contributed by atoms with Gasteiger partial charge in [-0.2, -0.15) is 0 Å². The molecule has 1 heterocycles. The first-order chi connectivity index (χ1) is 10.1. The van der Waals surface area contributed by atoms with Gasteiger partial charge < -0.3 is 5.32 Å². The maximum absolute atomic E-state index is 12.8. The molecule has 0 saturated heterocycles. The molecule has 0 aliphatic heterocycles. The lowest BCUT2D eigenvalue weighted by atomic mass is 9.88. The summed E-state index contributed by atoms with van der Waals surface area (Å²) in [6, 6.07) is 9.72. The molecule has 2 aromatic rings. The largest absolute Gasteiger partial charge is 0.363 e. The standard InChI is InChI=1S/C16H17F2N3/c1-10-19-14(16(17)18)9-15(20-10)21-13-8-4-6-11-5-2-3-7-12(11)13/h2-3,5,7,9,13,16H,4,6,8H2,1H3,(H,19,20,21). The minimum absolute atomic E-state index is 0.120. The van der Waals surface area contributed by atoms with Crippen molar-refractivity contribution in [2.75, 3.05) is 5.32 Å². The van der Waals surface area contributed by atoms with Crippen LogP contribution < -0.4 is 5.32 Å². The zero-order valence-corrected chi connectivity index (χ0v) is 11.8. The van der Waals surface area contributed by atoms with Crippen molar-refractivity contribution in [1.82, 2.24) is 9.97 Å². The van der Waals surface area contributed by atoms with Crippen LogP contribution in [0.1, 0.15) is 48.0 Å². The Morgan fingerprint density at radius 1 is 1.24 bits per heavy atom. The molecular formula is C16H17F2N3. The predicted octanol–water partition coefficient (Wildman–Crippen LogP) is 4.21. The van der Waals surface area contributed by atoms with E-state index in [9.17, 15) is 8.78 Å². The van der Waals surface area contributed by atoms with Crippen LogP contribution >= 0.6 is 0 Å². The van der Waals surface area contributed by atoms with E-state index < -0.39 is 6.43 Å². The molecule has 1 aliphatic carbocycles. The molecule has 0 amide bonds. The van der Waals surface area contributed by atoms with Gasteiger partial charge in [-0.3, -0.25) is 0 Å². The number of aromatic nitrogens is 2. The Balaban J connectivity index is 1.88. The van der Waals surface area contributed by atoms with Gasteiger partial charge in [0.15, 0.2) is 0 Å². The number of hydrogen-bond donors (Lipinski definition) is 1. The minimum atomic E-state index is -2.58. The van der Waals surface area contributed by atoms with E-state index in [1.807, 2.05) is 12.1 Å². The maximum Gasteiger partial charge on any atom is 0.280 e. The van der Waals surface area contributed by atoms with Gasteiger partial charge in [-0.1, -0.05) is 24.3 Å². The average Bonchev–Trinajstić information content (AvgIpc) is 2.47. The summed E-state index contributed by atoms with van der Waals surface area (Å²) >= 11 is 0. The summed E-state index contributed by atoms with van der Waals surface area (Å²) in [4.78, 5) is 8.00. The van der Waals surface area contributed by atoms with Crippen LogP contribution in [0.15, 0.2) is 30.3 Å². The fourth-order valence-corrected chi connectivity index (χ4v) is 2.86. The quantitative estimate of drug-likeness (QED) is 0.919. The van der Waals surface area contributed by atoms with Gasteiger partial charge in [0.2, 0.25) is 0 Å². The van der Waals surface area contributed by atoms with Gasteiger partial charge in [0.05, 0.1) is 6.04 Å². The van der Waals surface area contributed by atoms with Crippen molar-refractivity contribution < 1.29 is 8.78 Å². The highest BCUT2D eigenvalue weighted by molar-refractivity contribution is 5.43. The van der Waals surface area contributed by atoms with E-state index in [4.69, 9.17) is 0 Å². The fourth-order valence-electron chi connectivity index (χ4n) is 2.86. The molecule has 0 radical (unpaired) electrons. The van der Waals surface area contributed by atoms with Crippen molar-refractivity contribution in [3.63, 3.8) is 0 Å². The van der Waals surface area contributed by atoms with Gasteiger partial charge in [-0.25, -0.2) is 18.7 Å². The van der Waals surface area contributed by atoms with Gasteiger partial charge >= 0.3 is 0 Å². The normalized spacial score (nSPS) is 17.6. The SMILES string of the molecule is Cc1nc(NC2CCCc3ccccc32)cc(C(F)F)n1. The van der Waals surface area contributed by atoms with Crippen LogP contribution in [0.2, 0.25) is 0 Å². The second-order valence-electron chi connectivity index (χ2n) is 5.31. The Morgan fingerprint density at radius 2 is 2.05 bits per heavy atom. The van der Waals surface area contributed by atoms with Gasteiger partial charge in [0.1, 0.15) is 17.3 Å². The van der Waals surface area contributed by atoms with Crippen LogP contribution in [0.5, 0.6) is 0 Å². The van der Waals surface area contributed by atoms with Crippen molar-refractivity contribution in [1.29, 1.82) is 0 Å². The lowest BCUT2D eigenvalue weighted by Gasteiger charge is -2.27. The third-order valence-corrected chi connectivity index (χ3v) is 3.77. The summed E-state index contributed by atoms with van der Waals surface area (Å²) in [5, 5.41) is 3.29. The number of nitrogens with zero attached hydrogens (tertiary/aromatic N) is 2. The van der Waals surface area contributed by atoms with Gasteiger partial charge in [0.25, 0.3) is 6.43 Å². The van der Waals surface area contributed by atoms with Crippen LogP contribution in [0.4, 0.5) is 14.6 Å². The molecule has 3 rings (SSSR count). The number of benzene rings is 1. The van der Waals surface area contributed by atoms with Gasteiger partial charge in [0, 0.05) is 6.07 Å². The van der Waals surface area contributed by atoms with Crippen LogP contribution in [-0.4, -0.2) is 9.97 Å². The predicted molar refractivity (Wildman–Crippen MR) is 77.5 cm³/mol. The lowest BCUT2D eigenvalue weighted by molar-refractivity contribution is 0.145. The summed E-state index contributed by atoms with van der Waals surface area (Å²) in [5.74, 6) is 0.832. The van der Waals surface area contributed by atoms with E-state index in [1.54, 1.807) is 6.92 Å². The lowest BCUT2D eigenvalue weighted by Crippen LogP contribution is -2.18. The van der Waals surface area contributed by atoms with Crippen LogP contribution in [0.3, 0.4) is 0 Å². The van der Waals surface area contributed by atoms with Crippen molar-refractivity contribution >= 4 is 5.82 Å². The Bertz CT molecular complexity index is 643. The van der Waals surface area contributed by atoms with Gasteiger partial charge in [-0.05, 0) is 37.3 Å². The van der Waals surface area contributed by atoms with E-state index in [-0.39, 0.29) is 11.7 Å². The average molecular weight is 289 g/mol. The second-order valence-corrected chi connectivity index (χ2v) is 5.31. The number of anilines is 1. The topological polar surface area (TPSA) is 37.8 Å². The Morgan fingerprint density at radius 3 is 2.86 bits per heavy atom. The minimum Gasteiger partial charge on any atom is -0.363 e. The molecule has 1 aromatic carbocycles. The molecule has 110 valence electrons. The summed E-state index contributed by atoms with van der Waals surface area (Å²) < 4.78 is 25.7. The first kappa shape index (κ1) is 13.9. The van der Waals surface area contributed by atoms with Crippen LogP contribution in [-0.2, 0) is 6.42 Å². The van der Waals surface area contributed by atoms with E-state index >= 15 is 0 Å². The summed E-state index contributed by atoms with van der Waals surface area (Å²) in [6.07, 6.45) is 0.551. The zero-order chi connectivity index (χ0) is 14.8. The van der Waals surface area contributed by atoms with Crippen molar-refractivity contribution in [3.05, 3.63) is 53.0 Å². The molecule has 0 saturated carbocycles. The van der Waals surface area contributed by atoms with E-state index in [0.717, 1.165) is 19.3 Å². The van der Waals surface area contributed by atoms with Crippen molar-refractivity contribution in [3.8, 4) is 0 Å². The third-order valence-electron chi connectivity index (χ3n) is 3.77. The molecule has 21 heavy (non-hydrogen) atoms. The Labute approximate surface area is 122 Å². The van der Waals surface area contributed by atoms with Crippen molar-refractivity contribution in [2.24, 2.45) is 0 Å². The smallest absolute Gasteiger partial charge is 0.280 e. The van der Waals surface area contributed by atoms with Crippen LogP contribution in [0.25, 0.3) is 0 Å². The summed E-state index contributed by atoms with van der Waals surface area (Å²) in [7, 11) is 0. The van der Waals surface area contributed by atoms with Gasteiger partial charge in [-0.15, -0.1) is 0 Å². The zero-order valence-electron chi connectivity index (χ0n) is 11.8. The van der Waals surface area contributed by atoms with Crippen LogP contribution in [0, 0.1) is 6.92 Å². The summed E-state index contributed by atoms with van der Waals surface area (Å²) in [5.41, 5.74) is 2.33. The molecule has 1 aliphatic rings. The number of hydrogen-bond acceptors (Lipinski definition) is 3. The highest BCUT2D eigenvalue weighted by atomic mass is 19.3. The highest BCUT2D eigenvalue weighted by Gasteiger charge is 2.21. The molecule has 1 N–H and O–H groups in total. The Hall–Kier alpha value is -2.04. The molecule has 0 fully saturated rings. The van der Waals surface area contributed by atoms with E-state index in [1.165, 1.54) is 17.2 Å². The van der Waals surface area contributed by atoms with Crippen molar-refractivity contribution in [2.45, 2.75) is 38.7 Å².